The minimum atomic E-state index is -0.426. The molecule has 2 rings (SSSR count). The molecule has 0 atom stereocenters. The molecule has 1 aliphatic heterocycles. The van der Waals surface area contributed by atoms with Crippen LogP contribution >= 0.6 is 0 Å². The molecule has 122 valence electrons. The van der Waals surface area contributed by atoms with Crippen LogP contribution in [0.25, 0.3) is 0 Å². The summed E-state index contributed by atoms with van der Waals surface area (Å²) in [6, 6.07) is 5.33. The number of piperidine rings is 1. The molecule has 22 heavy (non-hydrogen) atoms. The molecule has 1 aliphatic rings. The average molecular weight is 307 g/mol. The van der Waals surface area contributed by atoms with Crippen LogP contribution in [0.15, 0.2) is 18.2 Å². The first-order valence-corrected chi connectivity index (χ1v) is 7.65. The highest BCUT2D eigenvalue weighted by molar-refractivity contribution is 5.58. The minimum Gasteiger partial charge on any atom is -0.490 e. The number of benzene rings is 1. The van der Waals surface area contributed by atoms with Gasteiger partial charge in [-0.1, -0.05) is 0 Å². The smallest absolute Gasteiger partial charge is 0.311 e. The molecule has 0 amide bonds. The second-order valence-electron chi connectivity index (χ2n) is 6.72. The Morgan fingerprint density at radius 1 is 1.32 bits per heavy atom. The number of rotatable bonds is 4. The zero-order valence-electron chi connectivity index (χ0n) is 13.8. The summed E-state index contributed by atoms with van der Waals surface area (Å²) >= 11 is 0. The van der Waals surface area contributed by atoms with Gasteiger partial charge in [-0.15, -0.1) is 0 Å². The third-order valence-corrected chi connectivity index (χ3v) is 4.19. The van der Waals surface area contributed by atoms with Crippen LogP contribution in [0.3, 0.4) is 0 Å². The van der Waals surface area contributed by atoms with Crippen molar-refractivity contribution in [2.75, 3.05) is 25.5 Å². The Hall–Kier alpha value is -1.82. The van der Waals surface area contributed by atoms with E-state index < -0.39 is 4.92 Å². The van der Waals surface area contributed by atoms with E-state index in [-0.39, 0.29) is 11.2 Å². The summed E-state index contributed by atoms with van der Waals surface area (Å²) in [7, 11) is 1.45. The molecule has 1 aromatic rings. The number of nitro benzene ring substituents is 1. The van der Waals surface area contributed by atoms with Crippen LogP contribution in [-0.2, 0) is 0 Å². The Morgan fingerprint density at radius 2 is 1.95 bits per heavy atom. The van der Waals surface area contributed by atoms with Gasteiger partial charge in [0.05, 0.1) is 12.0 Å². The molecule has 1 fully saturated rings. The highest BCUT2D eigenvalue weighted by Crippen LogP contribution is 2.31. The fourth-order valence-corrected chi connectivity index (χ4v) is 2.85. The highest BCUT2D eigenvalue weighted by Gasteiger charge is 2.27. The standard InChI is InChI=1S/C16H25N3O3/c1-16(2,3)18-9-7-12(8-10-18)17-13-5-6-14(19(20)21)15(11-13)22-4/h5-6,11-12,17H,7-10H2,1-4H3. The van der Waals surface area contributed by atoms with Crippen LogP contribution in [0.2, 0.25) is 0 Å². The van der Waals surface area contributed by atoms with Gasteiger partial charge in [-0.2, -0.15) is 0 Å². The van der Waals surface area contributed by atoms with Crippen molar-refractivity contribution in [3.8, 4) is 5.75 Å². The Morgan fingerprint density at radius 3 is 2.45 bits per heavy atom. The van der Waals surface area contributed by atoms with E-state index in [2.05, 4.69) is 31.0 Å². The predicted octanol–water partition coefficient (Wildman–Crippen LogP) is 3.28. The van der Waals surface area contributed by atoms with E-state index in [1.54, 1.807) is 12.1 Å². The molecule has 0 radical (unpaired) electrons. The van der Waals surface area contributed by atoms with Crippen molar-refractivity contribution in [1.29, 1.82) is 0 Å². The Bertz CT molecular complexity index is 532. The van der Waals surface area contributed by atoms with Crippen molar-refractivity contribution >= 4 is 11.4 Å². The van der Waals surface area contributed by atoms with Gasteiger partial charge in [0.2, 0.25) is 0 Å². The minimum absolute atomic E-state index is 0.00407. The number of anilines is 1. The normalized spacial score (nSPS) is 17.3. The predicted molar refractivity (Wildman–Crippen MR) is 87.6 cm³/mol. The number of hydrogen-bond donors (Lipinski definition) is 1. The van der Waals surface area contributed by atoms with Gasteiger partial charge >= 0.3 is 5.69 Å². The number of nitrogens with zero attached hydrogens (tertiary/aromatic N) is 2. The van der Waals surface area contributed by atoms with Gasteiger partial charge in [-0.05, 0) is 39.7 Å². The van der Waals surface area contributed by atoms with E-state index >= 15 is 0 Å². The van der Waals surface area contributed by atoms with E-state index in [4.69, 9.17) is 4.74 Å². The Kier molecular flexibility index (Phi) is 4.90. The molecule has 0 aromatic heterocycles. The summed E-state index contributed by atoms with van der Waals surface area (Å²) in [6.45, 7) is 8.84. The van der Waals surface area contributed by atoms with Crippen LogP contribution < -0.4 is 10.1 Å². The van der Waals surface area contributed by atoms with Crippen molar-refractivity contribution in [2.24, 2.45) is 0 Å². The van der Waals surface area contributed by atoms with Crippen molar-refractivity contribution < 1.29 is 9.66 Å². The van der Waals surface area contributed by atoms with Gasteiger partial charge in [0.25, 0.3) is 0 Å². The molecule has 1 saturated heterocycles. The first kappa shape index (κ1) is 16.5. The zero-order chi connectivity index (χ0) is 16.3. The van der Waals surface area contributed by atoms with Gasteiger partial charge in [0.15, 0.2) is 5.75 Å². The van der Waals surface area contributed by atoms with E-state index in [0.29, 0.717) is 11.8 Å². The summed E-state index contributed by atoms with van der Waals surface area (Å²) in [6.07, 6.45) is 2.13. The van der Waals surface area contributed by atoms with E-state index in [9.17, 15) is 10.1 Å². The van der Waals surface area contributed by atoms with Crippen LogP contribution in [0.4, 0.5) is 11.4 Å². The summed E-state index contributed by atoms with van der Waals surface area (Å²) in [5, 5.41) is 14.4. The molecular weight excluding hydrogens is 282 g/mol. The van der Waals surface area contributed by atoms with Gasteiger partial charge < -0.3 is 10.1 Å². The summed E-state index contributed by atoms with van der Waals surface area (Å²) in [4.78, 5) is 13.0. The Balaban J connectivity index is 1.99. The SMILES string of the molecule is COc1cc(NC2CCN(C(C)(C)C)CC2)ccc1[N+](=O)[O-]. The van der Waals surface area contributed by atoms with E-state index in [1.807, 2.05) is 0 Å². The van der Waals surface area contributed by atoms with Gasteiger partial charge in [-0.25, -0.2) is 0 Å². The topological polar surface area (TPSA) is 67.6 Å². The fourth-order valence-electron chi connectivity index (χ4n) is 2.85. The number of nitrogens with one attached hydrogen (secondary N) is 1. The lowest BCUT2D eigenvalue weighted by molar-refractivity contribution is -0.385. The third kappa shape index (κ3) is 3.88. The molecule has 6 heteroatoms. The lowest BCUT2D eigenvalue weighted by atomic mass is 9.98. The van der Waals surface area contributed by atoms with Crippen molar-refractivity contribution in [3.05, 3.63) is 28.3 Å². The summed E-state index contributed by atoms with van der Waals surface area (Å²) in [5.41, 5.74) is 1.08. The zero-order valence-corrected chi connectivity index (χ0v) is 13.8. The highest BCUT2D eigenvalue weighted by atomic mass is 16.6. The number of ether oxygens (including phenoxy) is 1. The maximum Gasteiger partial charge on any atom is 0.311 e. The van der Waals surface area contributed by atoms with E-state index in [1.165, 1.54) is 13.2 Å². The molecule has 0 aliphatic carbocycles. The lowest BCUT2D eigenvalue weighted by Gasteiger charge is -2.41. The number of hydrogen-bond acceptors (Lipinski definition) is 5. The van der Waals surface area contributed by atoms with Crippen molar-refractivity contribution in [2.45, 2.75) is 45.2 Å². The molecular formula is C16H25N3O3. The molecule has 0 bridgehead atoms. The van der Waals surface area contributed by atoms with Crippen molar-refractivity contribution in [1.82, 2.24) is 4.90 Å². The molecule has 1 heterocycles. The molecule has 6 nitrogen and oxygen atoms in total. The number of nitro groups is 1. The summed E-state index contributed by atoms with van der Waals surface area (Å²) in [5.74, 6) is 0.294. The first-order chi connectivity index (χ1) is 10.3. The number of likely N-dealkylation sites (tertiary alicyclic amines) is 1. The van der Waals surface area contributed by atoms with E-state index in [0.717, 1.165) is 31.6 Å². The van der Waals surface area contributed by atoms with Crippen LogP contribution in [0, 0.1) is 10.1 Å². The van der Waals surface area contributed by atoms with Crippen LogP contribution in [-0.4, -0.2) is 41.6 Å². The average Bonchev–Trinajstić information content (AvgIpc) is 2.46. The quantitative estimate of drug-likeness (QED) is 0.683. The second kappa shape index (κ2) is 6.52. The third-order valence-electron chi connectivity index (χ3n) is 4.19. The fraction of sp³-hybridized carbons (Fsp3) is 0.625. The molecule has 0 unspecified atom stereocenters. The van der Waals surface area contributed by atoms with Crippen LogP contribution in [0.5, 0.6) is 5.75 Å². The number of methoxy groups -OCH3 is 1. The van der Waals surface area contributed by atoms with Gasteiger partial charge in [0.1, 0.15) is 0 Å². The Labute approximate surface area is 131 Å². The lowest BCUT2D eigenvalue weighted by Crippen LogP contribution is -2.48. The van der Waals surface area contributed by atoms with Gasteiger partial charge in [0, 0.05) is 42.5 Å². The van der Waals surface area contributed by atoms with Gasteiger partial charge in [-0.3, -0.25) is 15.0 Å². The summed E-state index contributed by atoms with van der Waals surface area (Å²) < 4.78 is 5.11. The molecule has 1 aromatic carbocycles. The molecule has 0 saturated carbocycles. The first-order valence-electron chi connectivity index (χ1n) is 7.65. The second-order valence-corrected chi connectivity index (χ2v) is 6.72. The maximum atomic E-state index is 10.9. The maximum absolute atomic E-state index is 10.9. The van der Waals surface area contributed by atoms with Crippen LogP contribution in [0.1, 0.15) is 33.6 Å². The monoisotopic (exact) mass is 307 g/mol. The molecule has 0 spiro atoms. The largest absolute Gasteiger partial charge is 0.490 e. The van der Waals surface area contributed by atoms with Crippen molar-refractivity contribution in [3.63, 3.8) is 0 Å². The molecule has 1 N–H and O–H groups in total.